The first kappa shape index (κ1) is 13.7. The summed E-state index contributed by atoms with van der Waals surface area (Å²) in [7, 11) is 0. The molecule has 0 aliphatic rings. The Morgan fingerprint density at radius 3 is 1.93 bits per heavy atom. The highest BCUT2D eigenvalue weighted by Crippen LogP contribution is 2.20. The third-order valence-electron chi connectivity index (χ3n) is 1.01. The summed E-state index contributed by atoms with van der Waals surface area (Å²) in [5.74, 6) is -4.46. The topological polar surface area (TPSA) is 43.4 Å². The van der Waals surface area contributed by atoms with E-state index in [1.165, 1.54) is 0 Å². The van der Waals surface area contributed by atoms with E-state index in [4.69, 9.17) is 0 Å². The van der Waals surface area contributed by atoms with Crippen LogP contribution in [0.5, 0.6) is 0 Å². The molecule has 0 rings (SSSR count). The fraction of sp³-hybridized carbons (Fsp3) is 0.667. The largest absolute Gasteiger partial charge is 0.399 e. The van der Waals surface area contributed by atoms with Crippen LogP contribution in [0, 0.1) is 0 Å². The predicted molar refractivity (Wildman–Crippen MR) is 32.7 cm³/mol. The van der Waals surface area contributed by atoms with Gasteiger partial charge in [0.15, 0.2) is 0 Å². The normalized spacial score (nSPS) is 13.8. The zero-order chi connectivity index (χ0) is 12.2. The fourth-order valence-corrected chi connectivity index (χ4v) is 0.471. The minimum atomic E-state index is -4.95. The molecule has 0 N–H and O–H groups in total. The Hall–Kier alpha value is -1.28. The average Bonchev–Trinajstić information content (AvgIpc) is 1.98. The van der Waals surface area contributed by atoms with Gasteiger partial charge >= 0.3 is 18.1 Å². The van der Waals surface area contributed by atoms with Crippen molar-refractivity contribution in [2.24, 2.45) is 0 Å². The van der Waals surface area contributed by atoms with Gasteiger partial charge in [-0.2, -0.15) is 13.2 Å². The lowest BCUT2D eigenvalue weighted by molar-refractivity contribution is -0.180. The fourth-order valence-electron chi connectivity index (χ4n) is 0.471. The molecule has 0 heterocycles. The van der Waals surface area contributed by atoms with Gasteiger partial charge < -0.3 is 4.74 Å². The molecular formula is C6H4F6O3. The first-order chi connectivity index (χ1) is 6.63. The van der Waals surface area contributed by atoms with Crippen molar-refractivity contribution in [1.82, 2.24) is 0 Å². The first-order valence-corrected chi connectivity index (χ1v) is 3.37. The lowest BCUT2D eigenvalue weighted by atomic mass is 10.4. The Labute approximate surface area is 79.0 Å². The SMILES string of the molecule is O=C(CC(F)(F)F)OC(=O)C(F)C(F)F. The molecule has 0 saturated carbocycles. The van der Waals surface area contributed by atoms with Crippen molar-refractivity contribution in [2.45, 2.75) is 25.2 Å². The van der Waals surface area contributed by atoms with Crippen LogP contribution >= 0.6 is 0 Å². The van der Waals surface area contributed by atoms with Crippen molar-refractivity contribution in [3.63, 3.8) is 0 Å². The highest BCUT2D eigenvalue weighted by atomic mass is 19.4. The van der Waals surface area contributed by atoms with Crippen LogP contribution in [0.4, 0.5) is 26.3 Å². The average molecular weight is 238 g/mol. The van der Waals surface area contributed by atoms with Gasteiger partial charge in [0.2, 0.25) is 0 Å². The number of carbonyl (C=O) groups excluding carboxylic acids is 2. The Morgan fingerprint density at radius 2 is 1.60 bits per heavy atom. The Morgan fingerprint density at radius 1 is 1.13 bits per heavy atom. The summed E-state index contributed by atoms with van der Waals surface area (Å²) in [4.78, 5) is 20.4. The van der Waals surface area contributed by atoms with Crippen molar-refractivity contribution in [3.8, 4) is 0 Å². The number of halogens is 6. The van der Waals surface area contributed by atoms with Gasteiger partial charge in [-0.15, -0.1) is 0 Å². The molecule has 0 saturated heterocycles. The molecule has 3 nitrogen and oxygen atoms in total. The lowest BCUT2D eigenvalue weighted by Gasteiger charge is -2.07. The van der Waals surface area contributed by atoms with E-state index in [9.17, 15) is 35.9 Å². The van der Waals surface area contributed by atoms with Gasteiger partial charge in [-0.1, -0.05) is 0 Å². The second kappa shape index (κ2) is 4.99. The van der Waals surface area contributed by atoms with Crippen molar-refractivity contribution < 1.29 is 40.7 Å². The molecule has 0 bridgehead atoms. The van der Waals surface area contributed by atoms with Crippen molar-refractivity contribution in [3.05, 3.63) is 0 Å². The minimum Gasteiger partial charge on any atom is -0.391 e. The highest BCUT2D eigenvalue weighted by molar-refractivity contribution is 5.88. The maximum atomic E-state index is 12.1. The smallest absolute Gasteiger partial charge is 0.391 e. The number of carbonyl (C=O) groups is 2. The summed E-state index contributed by atoms with van der Waals surface area (Å²) in [6, 6.07) is 0. The zero-order valence-electron chi connectivity index (χ0n) is 6.85. The van der Waals surface area contributed by atoms with E-state index in [-0.39, 0.29) is 0 Å². The molecule has 0 aromatic heterocycles. The van der Waals surface area contributed by atoms with Crippen molar-refractivity contribution in [2.75, 3.05) is 0 Å². The molecule has 0 fully saturated rings. The number of esters is 2. The van der Waals surface area contributed by atoms with E-state index in [1.54, 1.807) is 0 Å². The molecule has 1 unspecified atom stereocenters. The molecule has 0 aromatic carbocycles. The molecule has 0 radical (unpaired) electrons. The van der Waals surface area contributed by atoms with Crippen LogP contribution in [0.1, 0.15) is 6.42 Å². The summed E-state index contributed by atoms with van der Waals surface area (Å²) in [5, 5.41) is 0. The Kier molecular flexibility index (Phi) is 4.56. The number of alkyl halides is 6. The molecule has 1 atom stereocenters. The molecule has 9 heteroatoms. The van der Waals surface area contributed by atoms with Crippen LogP contribution in [0.15, 0.2) is 0 Å². The standard InChI is InChI=1S/C6H4F6O3/c7-3(4(8)9)5(14)15-2(13)1-6(10,11)12/h3-4H,1H2. The first-order valence-electron chi connectivity index (χ1n) is 3.37. The van der Waals surface area contributed by atoms with Crippen LogP contribution < -0.4 is 0 Å². The molecule has 0 aliphatic heterocycles. The van der Waals surface area contributed by atoms with E-state index in [2.05, 4.69) is 4.74 Å². The number of ether oxygens (including phenoxy) is 1. The summed E-state index contributed by atoms with van der Waals surface area (Å²) < 4.78 is 72.6. The van der Waals surface area contributed by atoms with Gasteiger partial charge in [0.1, 0.15) is 6.42 Å². The summed E-state index contributed by atoms with van der Waals surface area (Å²) in [5.41, 5.74) is 0. The summed E-state index contributed by atoms with van der Waals surface area (Å²) in [6.07, 6.45) is -14.3. The van der Waals surface area contributed by atoms with Gasteiger partial charge in [-0.05, 0) is 0 Å². The maximum absolute atomic E-state index is 12.1. The van der Waals surface area contributed by atoms with Crippen LogP contribution in [0.3, 0.4) is 0 Å². The second-order valence-electron chi connectivity index (χ2n) is 2.32. The molecule has 0 aromatic rings. The van der Waals surface area contributed by atoms with Crippen LogP contribution in [-0.2, 0) is 14.3 Å². The van der Waals surface area contributed by atoms with Gasteiger partial charge in [0, 0.05) is 0 Å². The molecule has 15 heavy (non-hydrogen) atoms. The summed E-state index contributed by atoms with van der Waals surface area (Å²) in [6.45, 7) is 0. The van der Waals surface area contributed by atoms with E-state index in [0.717, 1.165) is 0 Å². The minimum absolute atomic E-state index is 2.13. The monoisotopic (exact) mass is 238 g/mol. The molecule has 0 spiro atoms. The quantitative estimate of drug-likeness (QED) is 0.426. The van der Waals surface area contributed by atoms with Gasteiger partial charge in [-0.3, -0.25) is 4.79 Å². The maximum Gasteiger partial charge on any atom is 0.399 e. The molecular weight excluding hydrogens is 234 g/mol. The van der Waals surface area contributed by atoms with Crippen molar-refractivity contribution in [1.29, 1.82) is 0 Å². The van der Waals surface area contributed by atoms with E-state index in [1.807, 2.05) is 0 Å². The van der Waals surface area contributed by atoms with Crippen LogP contribution in [0.25, 0.3) is 0 Å². The van der Waals surface area contributed by atoms with E-state index in [0.29, 0.717) is 0 Å². The van der Waals surface area contributed by atoms with E-state index < -0.39 is 37.1 Å². The van der Waals surface area contributed by atoms with Crippen LogP contribution in [-0.4, -0.2) is 30.7 Å². The number of hydrogen-bond donors (Lipinski definition) is 0. The van der Waals surface area contributed by atoms with Gasteiger partial charge in [-0.25, -0.2) is 18.0 Å². The van der Waals surface area contributed by atoms with Crippen molar-refractivity contribution >= 4 is 11.9 Å². The zero-order valence-corrected chi connectivity index (χ0v) is 6.85. The Bertz CT molecular complexity index is 248. The van der Waals surface area contributed by atoms with E-state index >= 15 is 0 Å². The Balaban J connectivity index is 4.14. The van der Waals surface area contributed by atoms with Crippen LogP contribution in [0.2, 0.25) is 0 Å². The number of rotatable bonds is 3. The lowest BCUT2D eigenvalue weighted by Crippen LogP contribution is -2.29. The third-order valence-corrected chi connectivity index (χ3v) is 1.01. The highest BCUT2D eigenvalue weighted by Gasteiger charge is 2.36. The third kappa shape index (κ3) is 5.92. The molecule has 0 aliphatic carbocycles. The molecule has 0 amide bonds. The number of hydrogen-bond acceptors (Lipinski definition) is 3. The van der Waals surface area contributed by atoms with Gasteiger partial charge in [0.25, 0.3) is 12.6 Å². The molecule has 88 valence electrons. The summed E-state index contributed by atoms with van der Waals surface area (Å²) >= 11 is 0. The second-order valence-corrected chi connectivity index (χ2v) is 2.32. The predicted octanol–water partition coefficient (Wildman–Crippen LogP) is 1.61. The van der Waals surface area contributed by atoms with Gasteiger partial charge in [0.05, 0.1) is 0 Å².